The van der Waals surface area contributed by atoms with E-state index in [1.807, 2.05) is 6.92 Å². The van der Waals surface area contributed by atoms with Crippen LogP contribution in [0.15, 0.2) is 12.2 Å². The molecule has 0 aliphatic heterocycles. The summed E-state index contributed by atoms with van der Waals surface area (Å²) in [6.45, 7) is 1.87. The van der Waals surface area contributed by atoms with Crippen LogP contribution in [0, 0.1) is 16.7 Å². The molecule has 5 nitrogen and oxygen atoms in total. The minimum Gasteiger partial charge on any atom is -0.481 e. The topological polar surface area (TPSA) is 65.0 Å². The second-order valence-electron chi connectivity index (χ2n) is 6.45. The van der Waals surface area contributed by atoms with Gasteiger partial charge < -0.3 is 18.4 Å². The zero-order valence-corrected chi connectivity index (χ0v) is 14.3. The van der Waals surface area contributed by atoms with Crippen LogP contribution in [-0.2, 0) is 18.1 Å². The van der Waals surface area contributed by atoms with Gasteiger partial charge in [-0.1, -0.05) is 12.2 Å². The van der Waals surface area contributed by atoms with Crippen molar-refractivity contribution in [1.82, 2.24) is 0 Å². The van der Waals surface area contributed by atoms with E-state index in [-0.39, 0.29) is 5.41 Å². The molecule has 2 rings (SSSR count). The Morgan fingerprint density at radius 1 is 1.38 bits per heavy atom. The quantitative estimate of drug-likeness (QED) is 0.551. The highest BCUT2D eigenvalue weighted by molar-refractivity contribution is 6.60. The molecule has 3 atom stereocenters. The summed E-state index contributed by atoms with van der Waals surface area (Å²) in [6.07, 6.45) is 7.85. The number of aliphatic carboxylic acids is 1. The maximum absolute atomic E-state index is 12.0. The van der Waals surface area contributed by atoms with Gasteiger partial charge in [-0.15, -0.1) is 0 Å². The van der Waals surface area contributed by atoms with Crippen LogP contribution in [0.4, 0.5) is 0 Å². The van der Waals surface area contributed by atoms with Gasteiger partial charge in [0.2, 0.25) is 0 Å². The van der Waals surface area contributed by atoms with Crippen molar-refractivity contribution in [3.8, 4) is 0 Å². The second-order valence-corrected chi connectivity index (χ2v) is 9.54. The molecule has 0 amide bonds. The molecule has 21 heavy (non-hydrogen) atoms. The fraction of sp³-hybridized carbons (Fsp3) is 0.800. The van der Waals surface area contributed by atoms with E-state index in [9.17, 15) is 9.90 Å². The SMILES string of the molecule is CO[Si](CCC(C)(C(=O)O)C12C=CC(CC1)C2)(OC)OC. The van der Waals surface area contributed by atoms with Crippen LogP contribution in [0.25, 0.3) is 0 Å². The number of rotatable bonds is 8. The average molecular weight is 314 g/mol. The van der Waals surface area contributed by atoms with Crippen molar-refractivity contribution in [3.63, 3.8) is 0 Å². The summed E-state index contributed by atoms with van der Waals surface area (Å²) in [7, 11) is 1.95. The van der Waals surface area contributed by atoms with Crippen molar-refractivity contribution in [1.29, 1.82) is 0 Å². The van der Waals surface area contributed by atoms with Gasteiger partial charge >= 0.3 is 14.8 Å². The monoisotopic (exact) mass is 314 g/mol. The molecule has 1 N–H and O–H groups in total. The Bertz CT molecular complexity index is 426. The van der Waals surface area contributed by atoms with Crippen LogP contribution in [0.2, 0.25) is 6.04 Å². The third-order valence-corrected chi connectivity index (χ3v) is 8.44. The molecule has 3 unspecified atom stereocenters. The minimum atomic E-state index is -2.74. The minimum absolute atomic E-state index is 0.223. The molecule has 0 aromatic carbocycles. The summed E-state index contributed by atoms with van der Waals surface area (Å²) in [5.41, 5.74) is -1.03. The summed E-state index contributed by atoms with van der Waals surface area (Å²) in [6, 6.07) is 0.513. The van der Waals surface area contributed by atoms with E-state index in [4.69, 9.17) is 13.3 Å². The lowest BCUT2D eigenvalue weighted by atomic mass is 9.62. The van der Waals surface area contributed by atoms with Gasteiger partial charge in [-0.2, -0.15) is 0 Å². The van der Waals surface area contributed by atoms with Crippen LogP contribution in [-0.4, -0.2) is 41.2 Å². The van der Waals surface area contributed by atoms with Crippen LogP contribution >= 0.6 is 0 Å². The molecular weight excluding hydrogens is 288 g/mol. The first-order chi connectivity index (χ1) is 9.87. The number of carboxylic acids is 1. The molecule has 0 radical (unpaired) electrons. The molecule has 0 aromatic rings. The van der Waals surface area contributed by atoms with Crippen molar-refractivity contribution in [2.24, 2.45) is 16.7 Å². The predicted molar refractivity (Wildman–Crippen MR) is 80.9 cm³/mol. The maximum Gasteiger partial charge on any atom is 0.500 e. The van der Waals surface area contributed by atoms with Crippen molar-refractivity contribution < 1.29 is 23.2 Å². The Hall–Kier alpha value is -0.693. The van der Waals surface area contributed by atoms with E-state index in [2.05, 4.69) is 12.2 Å². The molecule has 120 valence electrons. The number of carboxylic acid groups (broad SMARTS) is 1. The van der Waals surface area contributed by atoms with E-state index in [1.54, 1.807) is 21.3 Å². The maximum atomic E-state index is 12.0. The smallest absolute Gasteiger partial charge is 0.481 e. The first kappa shape index (κ1) is 16.7. The van der Waals surface area contributed by atoms with Gasteiger partial charge in [0.05, 0.1) is 5.41 Å². The molecule has 0 heterocycles. The summed E-state index contributed by atoms with van der Waals surface area (Å²) in [4.78, 5) is 12.0. The Morgan fingerprint density at radius 2 is 2.00 bits per heavy atom. The van der Waals surface area contributed by atoms with E-state index >= 15 is 0 Å². The standard InChI is InChI=1S/C15H26O5Si/c1-14(13(16)17,9-10-21(18-2,19-3)20-4)15-7-5-12(11-15)6-8-15/h5,7,12H,6,8-11H2,1-4H3,(H,16,17). The highest BCUT2D eigenvalue weighted by Gasteiger charge is 2.58. The first-order valence-corrected chi connectivity index (χ1v) is 9.38. The lowest BCUT2D eigenvalue weighted by Crippen LogP contribution is -2.48. The zero-order chi connectivity index (χ0) is 15.7. The van der Waals surface area contributed by atoms with E-state index in [1.165, 1.54) is 0 Å². The third-order valence-electron chi connectivity index (χ3n) is 5.71. The Labute approximate surface area is 127 Å². The number of allylic oxidation sites excluding steroid dienone is 2. The van der Waals surface area contributed by atoms with Gasteiger partial charge in [-0.05, 0) is 38.5 Å². The molecule has 2 bridgehead atoms. The summed E-state index contributed by atoms with van der Waals surface area (Å²) < 4.78 is 16.3. The Kier molecular flexibility index (Phi) is 4.63. The largest absolute Gasteiger partial charge is 0.500 e. The predicted octanol–water partition coefficient (Wildman–Crippen LogP) is 2.70. The Morgan fingerprint density at radius 3 is 2.33 bits per heavy atom. The molecule has 0 aromatic heterocycles. The summed E-state index contributed by atoms with van der Waals surface area (Å²) in [5.74, 6) is -0.182. The molecule has 2 aliphatic rings. The van der Waals surface area contributed by atoms with E-state index < -0.39 is 20.2 Å². The summed E-state index contributed by atoms with van der Waals surface area (Å²) >= 11 is 0. The number of carbonyl (C=O) groups is 1. The average Bonchev–Trinajstić information content (AvgIpc) is 3.11. The van der Waals surface area contributed by atoms with Crippen molar-refractivity contribution in [2.45, 2.75) is 38.7 Å². The molecule has 0 saturated heterocycles. The lowest BCUT2D eigenvalue weighted by Gasteiger charge is -2.42. The van der Waals surface area contributed by atoms with Gasteiger partial charge in [0.25, 0.3) is 0 Å². The highest BCUT2D eigenvalue weighted by atomic mass is 28.4. The van der Waals surface area contributed by atoms with Gasteiger partial charge in [0.15, 0.2) is 0 Å². The zero-order valence-electron chi connectivity index (χ0n) is 13.3. The van der Waals surface area contributed by atoms with Gasteiger partial charge in [0, 0.05) is 32.8 Å². The van der Waals surface area contributed by atoms with Crippen LogP contribution in [0.1, 0.15) is 32.6 Å². The fourth-order valence-corrected chi connectivity index (χ4v) is 5.88. The fourth-order valence-electron chi connectivity index (χ4n) is 3.96. The van der Waals surface area contributed by atoms with Crippen LogP contribution < -0.4 is 0 Å². The van der Waals surface area contributed by atoms with Crippen molar-refractivity contribution >= 4 is 14.8 Å². The normalized spacial score (nSPS) is 30.6. The van der Waals surface area contributed by atoms with Crippen LogP contribution in [0.5, 0.6) is 0 Å². The third kappa shape index (κ3) is 2.58. The molecule has 1 saturated carbocycles. The lowest BCUT2D eigenvalue weighted by molar-refractivity contribution is -0.155. The van der Waals surface area contributed by atoms with Gasteiger partial charge in [-0.3, -0.25) is 4.79 Å². The van der Waals surface area contributed by atoms with Crippen molar-refractivity contribution in [3.05, 3.63) is 12.2 Å². The second kappa shape index (κ2) is 5.83. The molecule has 2 aliphatic carbocycles. The Balaban J connectivity index is 2.20. The molecule has 1 fully saturated rings. The number of hydrogen-bond acceptors (Lipinski definition) is 4. The molecule has 0 spiro atoms. The van der Waals surface area contributed by atoms with E-state index in [0.717, 1.165) is 19.3 Å². The van der Waals surface area contributed by atoms with E-state index in [0.29, 0.717) is 18.4 Å². The van der Waals surface area contributed by atoms with Gasteiger partial charge in [0.1, 0.15) is 0 Å². The first-order valence-electron chi connectivity index (χ1n) is 7.45. The number of hydrogen-bond donors (Lipinski definition) is 1. The van der Waals surface area contributed by atoms with Crippen molar-refractivity contribution in [2.75, 3.05) is 21.3 Å². The summed E-state index contributed by atoms with van der Waals surface area (Å²) in [5, 5.41) is 9.88. The molecule has 6 heteroatoms. The molecular formula is C15H26O5Si. The van der Waals surface area contributed by atoms with Crippen LogP contribution in [0.3, 0.4) is 0 Å². The number of fused-ring (bicyclic) bond motifs is 2. The highest BCUT2D eigenvalue weighted by Crippen LogP contribution is 2.60. The van der Waals surface area contributed by atoms with Gasteiger partial charge in [-0.25, -0.2) is 0 Å².